The van der Waals surface area contributed by atoms with Gasteiger partial charge in [-0.1, -0.05) is 34.1 Å². The van der Waals surface area contributed by atoms with Gasteiger partial charge in [0.1, 0.15) is 5.82 Å². The third kappa shape index (κ3) is 2.25. The standard InChI is InChI=1S/C13H13BrN2/c1-2-3-8-15-13-11-5-4-6-12(14)10(11)7-9-16-13/h2,4-7,9H,1,3,8H2,(H,15,16). The van der Waals surface area contributed by atoms with E-state index in [1.807, 2.05) is 30.5 Å². The van der Waals surface area contributed by atoms with Crippen LogP contribution in [-0.4, -0.2) is 11.5 Å². The molecule has 1 aromatic carbocycles. The van der Waals surface area contributed by atoms with Crippen LogP contribution in [0.1, 0.15) is 6.42 Å². The second-order valence-electron chi connectivity index (χ2n) is 3.50. The summed E-state index contributed by atoms with van der Waals surface area (Å²) in [6.45, 7) is 4.56. The number of anilines is 1. The molecule has 16 heavy (non-hydrogen) atoms. The van der Waals surface area contributed by atoms with Crippen molar-refractivity contribution in [2.45, 2.75) is 6.42 Å². The summed E-state index contributed by atoms with van der Waals surface area (Å²) >= 11 is 3.54. The highest BCUT2D eigenvalue weighted by molar-refractivity contribution is 9.10. The van der Waals surface area contributed by atoms with Crippen LogP contribution in [0.4, 0.5) is 5.82 Å². The van der Waals surface area contributed by atoms with Gasteiger partial charge in [-0.3, -0.25) is 0 Å². The van der Waals surface area contributed by atoms with Gasteiger partial charge in [0.15, 0.2) is 0 Å². The number of rotatable bonds is 4. The molecule has 1 heterocycles. The van der Waals surface area contributed by atoms with Crippen LogP contribution < -0.4 is 5.32 Å². The molecule has 0 amide bonds. The minimum absolute atomic E-state index is 0.863. The molecular formula is C13H13BrN2. The zero-order chi connectivity index (χ0) is 11.4. The van der Waals surface area contributed by atoms with Crippen LogP contribution in [0.15, 0.2) is 47.6 Å². The van der Waals surface area contributed by atoms with Gasteiger partial charge in [-0.2, -0.15) is 0 Å². The molecule has 1 aromatic heterocycles. The number of halogens is 1. The first-order valence-electron chi connectivity index (χ1n) is 5.21. The monoisotopic (exact) mass is 276 g/mol. The first kappa shape index (κ1) is 11.1. The van der Waals surface area contributed by atoms with Crippen LogP contribution >= 0.6 is 15.9 Å². The third-order valence-corrected chi connectivity index (χ3v) is 3.09. The van der Waals surface area contributed by atoms with Gasteiger partial charge >= 0.3 is 0 Å². The molecule has 2 rings (SSSR count). The molecule has 2 aromatic rings. The molecule has 0 spiro atoms. The van der Waals surface area contributed by atoms with Crippen molar-refractivity contribution in [3.63, 3.8) is 0 Å². The lowest BCUT2D eigenvalue weighted by Gasteiger charge is -2.08. The Morgan fingerprint density at radius 3 is 3.00 bits per heavy atom. The molecule has 0 unspecified atom stereocenters. The fraction of sp³-hybridized carbons (Fsp3) is 0.154. The predicted molar refractivity (Wildman–Crippen MR) is 72.7 cm³/mol. The maximum atomic E-state index is 4.35. The Hall–Kier alpha value is -1.35. The van der Waals surface area contributed by atoms with Gasteiger partial charge in [0.05, 0.1) is 0 Å². The number of pyridine rings is 1. The average molecular weight is 277 g/mol. The van der Waals surface area contributed by atoms with Crippen molar-refractivity contribution >= 4 is 32.5 Å². The highest BCUT2D eigenvalue weighted by atomic mass is 79.9. The number of aromatic nitrogens is 1. The molecule has 0 radical (unpaired) electrons. The maximum absolute atomic E-state index is 4.35. The molecule has 0 aliphatic rings. The summed E-state index contributed by atoms with van der Waals surface area (Å²) in [6, 6.07) is 8.14. The molecule has 1 N–H and O–H groups in total. The molecule has 0 aliphatic carbocycles. The van der Waals surface area contributed by atoms with Crippen LogP contribution in [0, 0.1) is 0 Å². The van der Waals surface area contributed by atoms with Crippen molar-refractivity contribution in [2.24, 2.45) is 0 Å². The van der Waals surface area contributed by atoms with E-state index in [1.54, 1.807) is 0 Å². The molecule has 0 fully saturated rings. The lowest BCUT2D eigenvalue weighted by molar-refractivity contribution is 1.06. The fourth-order valence-corrected chi connectivity index (χ4v) is 2.10. The first-order chi connectivity index (χ1) is 7.83. The van der Waals surface area contributed by atoms with Crippen molar-refractivity contribution in [1.29, 1.82) is 0 Å². The first-order valence-corrected chi connectivity index (χ1v) is 6.00. The lowest BCUT2D eigenvalue weighted by atomic mass is 10.1. The second kappa shape index (κ2) is 5.12. The summed E-state index contributed by atoms with van der Waals surface area (Å²) in [5.41, 5.74) is 0. The van der Waals surface area contributed by atoms with Crippen molar-refractivity contribution in [2.75, 3.05) is 11.9 Å². The normalized spacial score (nSPS) is 10.3. The Morgan fingerprint density at radius 2 is 2.19 bits per heavy atom. The van der Waals surface area contributed by atoms with E-state index < -0.39 is 0 Å². The highest BCUT2D eigenvalue weighted by Gasteiger charge is 2.03. The van der Waals surface area contributed by atoms with E-state index in [4.69, 9.17) is 0 Å². The van der Waals surface area contributed by atoms with Gasteiger partial charge in [0.2, 0.25) is 0 Å². The smallest absolute Gasteiger partial charge is 0.133 e. The van der Waals surface area contributed by atoms with Crippen LogP contribution in [0.5, 0.6) is 0 Å². The summed E-state index contributed by atoms with van der Waals surface area (Å²) in [4.78, 5) is 4.35. The van der Waals surface area contributed by atoms with Crippen molar-refractivity contribution in [3.05, 3.63) is 47.6 Å². The number of hydrogen-bond acceptors (Lipinski definition) is 2. The second-order valence-corrected chi connectivity index (χ2v) is 4.35. The lowest BCUT2D eigenvalue weighted by Crippen LogP contribution is -2.02. The van der Waals surface area contributed by atoms with E-state index >= 15 is 0 Å². The average Bonchev–Trinajstić information content (AvgIpc) is 2.31. The molecule has 2 nitrogen and oxygen atoms in total. The molecule has 0 saturated carbocycles. The number of nitrogens with one attached hydrogen (secondary N) is 1. The van der Waals surface area contributed by atoms with E-state index in [0.29, 0.717) is 0 Å². The zero-order valence-electron chi connectivity index (χ0n) is 8.91. The molecular weight excluding hydrogens is 264 g/mol. The quantitative estimate of drug-likeness (QED) is 0.675. The number of benzene rings is 1. The summed E-state index contributed by atoms with van der Waals surface area (Å²) in [5.74, 6) is 0.931. The van der Waals surface area contributed by atoms with Crippen LogP contribution in [-0.2, 0) is 0 Å². The van der Waals surface area contributed by atoms with Gasteiger partial charge in [-0.15, -0.1) is 6.58 Å². The Labute approximate surface area is 104 Å². The van der Waals surface area contributed by atoms with E-state index in [1.165, 1.54) is 5.39 Å². The fourth-order valence-electron chi connectivity index (χ4n) is 1.60. The van der Waals surface area contributed by atoms with Gasteiger partial charge in [-0.25, -0.2) is 4.98 Å². The van der Waals surface area contributed by atoms with Gasteiger partial charge < -0.3 is 5.32 Å². The van der Waals surface area contributed by atoms with Crippen molar-refractivity contribution < 1.29 is 0 Å². The van der Waals surface area contributed by atoms with Crippen molar-refractivity contribution in [1.82, 2.24) is 4.98 Å². The summed E-state index contributed by atoms with van der Waals surface area (Å²) < 4.78 is 1.10. The molecule has 0 saturated heterocycles. The molecule has 0 bridgehead atoms. The minimum atomic E-state index is 0.863. The largest absolute Gasteiger partial charge is 0.369 e. The predicted octanol–water partition coefficient (Wildman–Crippen LogP) is 3.99. The Bertz CT molecular complexity index is 508. The summed E-state index contributed by atoms with van der Waals surface area (Å²) in [7, 11) is 0. The van der Waals surface area contributed by atoms with E-state index in [-0.39, 0.29) is 0 Å². The van der Waals surface area contributed by atoms with E-state index in [2.05, 4.69) is 38.9 Å². The Kier molecular flexibility index (Phi) is 3.57. The zero-order valence-corrected chi connectivity index (χ0v) is 10.5. The maximum Gasteiger partial charge on any atom is 0.133 e. The van der Waals surface area contributed by atoms with Crippen LogP contribution in [0.25, 0.3) is 10.8 Å². The van der Waals surface area contributed by atoms with Gasteiger partial charge in [0, 0.05) is 28.0 Å². The van der Waals surface area contributed by atoms with Gasteiger partial charge in [0.25, 0.3) is 0 Å². The van der Waals surface area contributed by atoms with E-state index in [0.717, 1.165) is 28.6 Å². The van der Waals surface area contributed by atoms with Crippen LogP contribution in [0.2, 0.25) is 0 Å². The Balaban J connectivity index is 2.38. The van der Waals surface area contributed by atoms with Crippen LogP contribution in [0.3, 0.4) is 0 Å². The molecule has 3 heteroatoms. The van der Waals surface area contributed by atoms with Gasteiger partial charge in [-0.05, 0) is 18.6 Å². The number of fused-ring (bicyclic) bond motifs is 1. The van der Waals surface area contributed by atoms with Crippen molar-refractivity contribution in [3.8, 4) is 0 Å². The van der Waals surface area contributed by atoms with E-state index in [9.17, 15) is 0 Å². The SMILES string of the molecule is C=CCCNc1nccc2c(Br)cccc12. The Morgan fingerprint density at radius 1 is 1.31 bits per heavy atom. The number of hydrogen-bond donors (Lipinski definition) is 1. The third-order valence-electron chi connectivity index (χ3n) is 2.39. The summed E-state index contributed by atoms with van der Waals surface area (Å²) in [6.07, 6.45) is 4.66. The molecule has 82 valence electrons. The summed E-state index contributed by atoms with van der Waals surface area (Å²) in [5, 5.41) is 5.63. The highest BCUT2D eigenvalue weighted by Crippen LogP contribution is 2.27. The number of nitrogens with zero attached hydrogens (tertiary/aromatic N) is 1. The molecule has 0 aliphatic heterocycles. The molecule has 0 atom stereocenters. The topological polar surface area (TPSA) is 24.9 Å². The minimum Gasteiger partial charge on any atom is -0.369 e.